The van der Waals surface area contributed by atoms with Gasteiger partial charge in [0.25, 0.3) is 0 Å². The summed E-state index contributed by atoms with van der Waals surface area (Å²) >= 11 is 0. The summed E-state index contributed by atoms with van der Waals surface area (Å²) in [7, 11) is 1.58. The fourth-order valence-corrected chi connectivity index (χ4v) is 1.76. The van der Waals surface area contributed by atoms with E-state index in [0.29, 0.717) is 17.9 Å². The molecule has 0 aliphatic carbocycles. The summed E-state index contributed by atoms with van der Waals surface area (Å²) in [6.45, 7) is -0.291. The molecular formula is C11H14O4. The number of hydrogen-bond acceptors (Lipinski definition) is 4. The number of ether oxygens (including phenoxy) is 2. The number of methoxy groups -OCH3 is 1. The third-order valence-corrected chi connectivity index (χ3v) is 2.59. The molecule has 15 heavy (non-hydrogen) atoms. The number of benzene rings is 1. The van der Waals surface area contributed by atoms with Crippen LogP contribution in [0.2, 0.25) is 0 Å². The highest BCUT2D eigenvalue weighted by atomic mass is 16.5. The van der Waals surface area contributed by atoms with Crippen molar-refractivity contribution in [3.8, 4) is 11.5 Å². The third kappa shape index (κ3) is 1.78. The van der Waals surface area contributed by atoms with Gasteiger partial charge in [-0.1, -0.05) is 12.1 Å². The Labute approximate surface area is 88.1 Å². The number of aliphatic hydroxyl groups excluding tert-OH is 2. The van der Waals surface area contributed by atoms with Crippen molar-refractivity contribution in [3.63, 3.8) is 0 Å². The molecule has 1 heterocycles. The minimum atomic E-state index is -0.845. The second-order valence-corrected chi connectivity index (χ2v) is 3.56. The molecule has 4 nitrogen and oxygen atoms in total. The molecule has 0 fully saturated rings. The van der Waals surface area contributed by atoms with Crippen LogP contribution in [0.25, 0.3) is 0 Å². The van der Waals surface area contributed by atoms with E-state index in [1.807, 2.05) is 18.2 Å². The van der Waals surface area contributed by atoms with Gasteiger partial charge in [0.2, 0.25) is 0 Å². The number of aliphatic hydroxyl groups is 2. The molecule has 2 rings (SSSR count). The fraction of sp³-hybridized carbons (Fsp3) is 0.455. The Hall–Kier alpha value is -1.26. The zero-order valence-corrected chi connectivity index (χ0v) is 8.51. The molecule has 2 N–H and O–H groups in total. The number of hydrogen-bond donors (Lipinski definition) is 2. The Morgan fingerprint density at radius 3 is 3.07 bits per heavy atom. The van der Waals surface area contributed by atoms with E-state index in [-0.39, 0.29) is 12.7 Å². The van der Waals surface area contributed by atoms with E-state index < -0.39 is 6.10 Å². The first-order chi connectivity index (χ1) is 7.26. The summed E-state index contributed by atoms with van der Waals surface area (Å²) < 4.78 is 10.7. The Kier molecular flexibility index (Phi) is 2.79. The van der Waals surface area contributed by atoms with E-state index >= 15 is 0 Å². The van der Waals surface area contributed by atoms with Crippen LogP contribution in [0, 0.1) is 0 Å². The van der Waals surface area contributed by atoms with Crippen LogP contribution in [0.5, 0.6) is 11.5 Å². The maximum absolute atomic E-state index is 9.48. The van der Waals surface area contributed by atoms with Gasteiger partial charge >= 0.3 is 0 Å². The predicted molar refractivity (Wildman–Crippen MR) is 54.2 cm³/mol. The summed E-state index contributed by atoms with van der Waals surface area (Å²) in [4.78, 5) is 0. The van der Waals surface area contributed by atoms with Crippen LogP contribution in [-0.4, -0.2) is 36.1 Å². The van der Waals surface area contributed by atoms with E-state index in [1.165, 1.54) is 0 Å². The molecule has 0 saturated heterocycles. The average Bonchev–Trinajstić information content (AvgIpc) is 2.71. The first kappa shape index (κ1) is 10.3. The highest BCUT2D eigenvalue weighted by Crippen LogP contribution is 2.38. The molecule has 0 radical (unpaired) electrons. The molecule has 0 bridgehead atoms. The lowest BCUT2D eigenvalue weighted by Gasteiger charge is -2.15. The van der Waals surface area contributed by atoms with Crippen LogP contribution >= 0.6 is 0 Å². The second kappa shape index (κ2) is 4.08. The Balaban J connectivity index is 2.23. The molecule has 1 aromatic rings. The number of para-hydroxylation sites is 1. The largest absolute Gasteiger partial charge is 0.493 e. The van der Waals surface area contributed by atoms with Crippen LogP contribution in [0.3, 0.4) is 0 Å². The Morgan fingerprint density at radius 2 is 2.40 bits per heavy atom. The Morgan fingerprint density at radius 1 is 1.60 bits per heavy atom. The van der Waals surface area contributed by atoms with Crippen molar-refractivity contribution in [1.82, 2.24) is 0 Å². The molecule has 4 heteroatoms. The lowest BCUT2D eigenvalue weighted by Crippen LogP contribution is -2.32. The summed E-state index contributed by atoms with van der Waals surface area (Å²) in [5.74, 6) is 1.35. The highest BCUT2D eigenvalue weighted by Gasteiger charge is 2.30. The molecule has 0 saturated carbocycles. The first-order valence-corrected chi connectivity index (χ1v) is 4.87. The average molecular weight is 210 g/mol. The van der Waals surface area contributed by atoms with Crippen molar-refractivity contribution in [2.75, 3.05) is 13.7 Å². The van der Waals surface area contributed by atoms with Crippen LogP contribution < -0.4 is 9.47 Å². The first-order valence-electron chi connectivity index (χ1n) is 4.87. The maximum atomic E-state index is 9.48. The summed E-state index contributed by atoms with van der Waals surface area (Å²) in [5.41, 5.74) is 1.01. The van der Waals surface area contributed by atoms with E-state index in [1.54, 1.807) is 7.11 Å². The van der Waals surface area contributed by atoms with Gasteiger partial charge in [0.15, 0.2) is 11.5 Å². The van der Waals surface area contributed by atoms with Gasteiger partial charge in [-0.05, 0) is 6.07 Å². The molecule has 0 aromatic heterocycles. The van der Waals surface area contributed by atoms with Gasteiger partial charge in [0.05, 0.1) is 13.7 Å². The molecule has 1 aromatic carbocycles. The lowest BCUT2D eigenvalue weighted by molar-refractivity contribution is 0.00882. The van der Waals surface area contributed by atoms with Gasteiger partial charge in [-0.3, -0.25) is 0 Å². The van der Waals surface area contributed by atoms with Gasteiger partial charge in [-0.25, -0.2) is 0 Å². The van der Waals surface area contributed by atoms with Gasteiger partial charge in [0, 0.05) is 12.0 Å². The SMILES string of the molecule is COc1cccc2c1O[C@@H]([C@@H](O)CO)C2. The van der Waals surface area contributed by atoms with Crippen molar-refractivity contribution < 1.29 is 19.7 Å². The molecule has 0 amide bonds. The molecular weight excluding hydrogens is 196 g/mol. The van der Waals surface area contributed by atoms with Gasteiger partial charge in [-0.2, -0.15) is 0 Å². The fourth-order valence-electron chi connectivity index (χ4n) is 1.76. The van der Waals surface area contributed by atoms with Crippen molar-refractivity contribution in [2.45, 2.75) is 18.6 Å². The highest BCUT2D eigenvalue weighted by molar-refractivity contribution is 5.49. The van der Waals surface area contributed by atoms with Crippen LogP contribution in [0.1, 0.15) is 5.56 Å². The number of fused-ring (bicyclic) bond motifs is 1. The molecule has 1 aliphatic rings. The van der Waals surface area contributed by atoms with Crippen LogP contribution in [0.15, 0.2) is 18.2 Å². The maximum Gasteiger partial charge on any atom is 0.165 e. The van der Waals surface area contributed by atoms with Crippen LogP contribution in [-0.2, 0) is 6.42 Å². The summed E-state index contributed by atoms with van der Waals surface area (Å²) in [6, 6.07) is 5.63. The zero-order chi connectivity index (χ0) is 10.8. The van der Waals surface area contributed by atoms with E-state index in [9.17, 15) is 5.11 Å². The number of rotatable bonds is 3. The third-order valence-electron chi connectivity index (χ3n) is 2.59. The quantitative estimate of drug-likeness (QED) is 0.756. The standard InChI is InChI=1S/C11H14O4/c1-14-9-4-2-3-7-5-10(8(13)6-12)15-11(7)9/h2-4,8,10,12-13H,5-6H2,1H3/t8-,10+/m0/s1. The van der Waals surface area contributed by atoms with Crippen molar-refractivity contribution in [3.05, 3.63) is 23.8 Å². The van der Waals surface area contributed by atoms with E-state index in [0.717, 1.165) is 5.56 Å². The molecule has 2 atom stereocenters. The second-order valence-electron chi connectivity index (χ2n) is 3.56. The van der Waals surface area contributed by atoms with Crippen LogP contribution in [0.4, 0.5) is 0 Å². The summed E-state index contributed by atoms with van der Waals surface area (Å²) in [5, 5.41) is 18.3. The van der Waals surface area contributed by atoms with E-state index in [4.69, 9.17) is 14.6 Å². The topological polar surface area (TPSA) is 58.9 Å². The monoisotopic (exact) mass is 210 g/mol. The van der Waals surface area contributed by atoms with Crippen molar-refractivity contribution >= 4 is 0 Å². The predicted octanol–water partition coefficient (Wildman–Crippen LogP) is 0.352. The van der Waals surface area contributed by atoms with E-state index in [2.05, 4.69) is 0 Å². The Bertz CT molecular complexity index is 350. The lowest BCUT2D eigenvalue weighted by atomic mass is 10.1. The van der Waals surface area contributed by atoms with Gasteiger partial charge in [-0.15, -0.1) is 0 Å². The summed E-state index contributed by atoms with van der Waals surface area (Å²) in [6.07, 6.45) is -0.614. The zero-order valence-electron chi connectivity index (χ0n) is 8.51. The molecule has 0 spiro atoms. The van der Waals surface area contributed by atoms with Crippen molar-refractivity contribution in [2.24, 2.45) is 0 Å². The van der Waals surface area contributed by atoms with Gasteiger partial charge in [0.1, 0.15) is 12.2 Å². The van der Waals surface area contributed by atoms with Crippen molar-refractivity contribution in [1.29, 1.82) is 0 Å². The molecule has 0 unspecified atom stereocenters. The molecule has 1 aliphatic heterocycles. The molecule has 82 valence electrons. The minimum Gasteiger partial charge on any atom is -0.493 e. The smallest absolute Gasteiger partial charge is 0.165 e. The minimum absolute atomic E-state index is 0.291. The van der Waals surface area contributed by atoms with Gasteiger partial charge < -0.3 is 19.7 Å². The normalized spacial score (nSPS) is 20.6.